The average Bonchev–Trinajstić information content (AvgIpc) is 3.16. The van der Waals surface area contributed by atoms with E-state index >= 15 is 0 Å². The fourth-order valence-electron chi connectivity index (χ4n) is 2.78. The number of halogens is 1. The predicted octanol–water partition coefficient (Wildman–Crippen LogP) is 3.44. The summed E-state index contributed by atoms with van der Waals surface area (Å²) >= 11 is 6.16. The van der Waals surface area contributed by atoms with Crippen molar-refractivity contribution in [1.29, 1.82) is 0 Å². The van der Waals surface area contributed by atoms with E-state index < -0.39 is 0 Å². The molecule has 7 heteroatoms. The molecule has 0 spiro atoms. The lowest BCUT2D eigenvalue weighted by Gasteiger charge is -2.18. The Morgan fingerprint density at radius 1 is 1.36 bits per heavy atom. The van der Waals surface area contributed by atoms with Crippen molar-refractivity contribution in [3.8, 4) is 0 Å². The van der Waals surface area contributed by atoms with Crippen LogP contribution in [0.15, 0.2) is 30.5 Å². The van der Waals surface area contributed by atoms with Gasteiger partial charge in [-0.3, -0.25) is 4.79 Å². The Morgan fingerprint density at radius 2 is 2.12 bits per heavy atom. The Balaban J connectivity index is 1.80. The highest BCUT2D eigenvalue weighted by molar-refractivity contribution is 6.34. The van der Waals surface area contributed by atoms with Gasteiger partial charge in [0.1, 0.15) is 0 Å². The van der Waals surface area contributed by atoms with Crippen LogP contribution in [-0.2, 0) is 0 Å². The number of anilines is 3. The lowest BCUT2D eigenvalue weighted by atomic mass is 10.2. The van der Waals surface area contributed by atoms with Crippen molar-refractivity contribution in [2.45, 2.75) is 19.8 Å². The molecule has 0 saturated carbocycles. The zero-order valence-electron chi connectivity index (χ0n) is 14.5. The zero-order valence-corrected chi connectivity index (χ0v) is 15.3. The normalized spacial score (nSPS) is 13.8. The van der Waals surface area contributed by atoms with E-state index in [1.54, 1.807) is 0 Å². The number of hydrogen-bond donors (Lipinski definition) is 1. The molecule has 0 unspecified atom stereocenters. The molecule has 1 fully saturated rings. The highest BCUT2D eigenvalue weighted by Crippen LogP contribution is 2.22. The number of carbonyl (C=O) groups excluding carboxylic acids is 1. The van der Waals surface area contributed by atoms with E-state index in [1.165, 1.54) is 6.20 Å². The molecule has 0 bridgehead atoms. The number of nitrogens with zero attached hydrogens (tertiary/aromatic N) is 4. The molecule has 0 atom stereocenters. The van der Waals surface area contributed by atoms with Gasteiger partial charge in [-0.25, -0.2) is 9.97 Å². The van der Waals surface area contributed by atoms with Gasteiger partial charge in [0.05, 0.1) is 11.2 Å². The molecule has 3 rings (SSSR count). The third-order valence-corrected chi connectivity index (χ3v) is 4.63. The first-order valence-electron chi connectivity index (χ1n) is 8.48. The van der Waals surface area contributed by atoms with Crippen molar-refractivity contribution in [1.82, 2.24) is 9.97 Å². The van der Waals surface area contributed by atoms with Crippen LogP contribution in [0.5, 0.6) is 0 Å². The van der Waals surface area contributed by atoms with Crippen LogP contribution in [0.1, 0.15) is 30.3 Å². The average molecular weight is 360 g/mol. The van der Waals surface area contributed by atoms with Crippen LogP contribution in [0.25, 0.3) is 0 Å². The summed E-state index contributed by atoms with van der Waals surface area (Å²) in [5.41, 5.74) is 1.94. The van der Waals surface area contributed by atoms with Gasteiger partial charge in [0.15, 0.2) is 5.69 Å². The maximum absolute atomic E-state index is 12.6. The molecule has 6 nitrogen and oxygen atoms in total. The summed E-state index contributed by atoms with van der Waals surface area (Å²) in [5.74, 6) is 0.232. The summed E-state index contributed by atoms with van der Waals surface area (Å²) in [4.78, 5) is 25.4. The van der Waals surface area contributed by atoms with E-state index in [9.17, 15) is 4.79 Å². The molecule has 1 aliphatic heterocycles. The van der Waals surface area contributed by atoms with Crippen LogP contribution in [0.4, 0.5) is 17.3 Å². The standard InChI is InChI=1S/C18H22ClN5O/c1-3-23(2)14-8-6-7-13(11-14)21-17(25)16-15(19)12-20-18(22-16)24-9-4-5-10-24/h6-8,11-12H,3-5,9-10H2,1-2H3,(H,21,25). The molecule has 1 aliphatic rings. The zero-order chi connectivity index (χ0) is 17.8. The SMILES string of the molecule is CCN(C)c1cccc(NC(=O)c2nc(N3CCCC3)ncc2Cl)c1. The van der Waals surface area contributed by atoms with Gasteiger partial charge in [-0.2, -0.15) is 0 Å². The number of amides is 1. The summed E-state index contributed by atoms with van der Waals surface area (Å²) < 4.78 is 0. The van der Waals surface area contributed by atoms with Crippen molar-refractivity contribution >= 4 is 34.8 Å². The van der Waals surface area contributed by atoms with E-state index in [1.807, 2.05) is 31.3 Å². The van der Waals surface area contributed by atoms with E-state index in [0.29, 0.717) is 11.6 Å². The van der Waals surface area contributed by atoms with Crippen LogP contribution in [0.2, 0.25) is 5.02 Å². The minimum Gasteiger partial charge on any atom is -0.375 e. The summed E-state index contributed by atoms with van der Waals surface area (Å²) in [6.07, 6.45) is 3.73. The van der Waals surface area contributed by atoms with Gasteiger partial charge in [0.25, 0.3) is 5.91 Å². The van der Waals surface area contributed by atoms with Gasteiger partial charge < -0.3 is 15.1 Å². The first kappa shape index (κ1) is 17.5. The molecule has 2 heterocycles. The summed E-state index contributed by atoms with van der Waals surface area (Å²) in [6.45, 7) is 4.78. The number of hydrogen-bond acceptors (Lipinski definition) is 5. The van der Waals surface area contributed by atoms with E-state index in [0.717, 1.165) is 38.2 Å². The maximum atomic E-state index is 12.6. The highest BCUT2D eigenvalue weighted by Gasteiger charge is 2.19. The molecule has 1 saturated heterocycles. The summed E-state index contributed by atoms with van der Waals surface area (Å²) in [5, 5.41) is 3.13. The number of rotatable bonds is 5. The summed E-state index contributed by atoms with van der Waals surface area (Å²) in [7, 11) is 2.00. The van der Waals surface area contributed by atoms with Gasteiger partial charge in [-0.1, -0.05) is 17.7 Å². The van der Waals surface area contributed by atoms with Crippen molar-refractivity contribution in [3.63, 3.8) is 0 Å². The minimum absolute atomic E-state index is 0.202. The van der Waals surface area contributed by atoms with Crippen molar-refractivity contribution in [2.75, 3.05) is 41.8 Å². The Bertz CT molecular complexity index is 761. The first-order chi connectivity index (χ1) is 12.1. The Kier molecular flexibility index (Phi) is 5.38. The molecule has 1 N–H and O–H groups in total. The Morgan fingerprint density at radius 3 is 2.84 bits per heavy atom. The van der Waals surface area contributed by atoms with Crippen LogP contribution in [0.3, 0.4) is 0 Å². The molecule has 1 aromatic heterocycles. The molecule has 1 aromatic carbocycles. The smallest absolute Gasteiger partial charge is 0.276 e. The Hall–Kier alpha value is -2.34. The second-order valence-electron chi connectivity index (χ2n) is 6.08. The van der Waals surface area contributed by atoms with E-state index in [-0.39, 0.29) is 16.6 Å². The van der Waals surface area contributed by atoms with Gasteiger partial charge in [-0.05, 0) is 38.0 Å². The number of nitrogens with one attached hydrogen (secondary N) is 1. The predicted molar refractivity (Wildman–Crippen MR) is 102 cm³/mol. The molecule has 0 radical (unpaired) electrons. The number of benzene rings is 1. The number of carbonyl (C=O) groups is 1. The van der Waals surface area contributed by atoms with E-state index in [2.05, 4.69) is 32.0 Å². The minimum atomic E-state index is -0.329. The van der Waals surface area contributed by atoms with Gasteiger partial charge in [0, 0.05) is 38.1 Å². The monoisotopic (exact) mass is 359 g/mol. The fraction of sp³-hybridized carbons (Fsp3) is 0.389. The fourth-order valence-corrected chi connectivity index (χ4v) is 2.96. The van der Waals surface area contributed by atoms with Crippen molar-refractivity contribution < 1.29 is 4.79 Å². The van der Waals surface area contributed by atoms with Gasteiger partial charge in [0.2, 0.25) is 5.95 Å². The molecule has 1 amide bonds. The second kappa shape index (κ2) is 7.70. The van der Waals surface area contributed by atoms with Crippen LogP contribution < -0.4 is 15.1 Å². The lowest BCUT2D eigenvalue weighted by Crippen LogP contribution is -2.23. The second-order valence-corrected chi connectivity index (χ2v) is 6.49. The molecule has 25 heavy (non-hydrogen) atoms. The van der Waals surface area contributed by atoms with Crippen molar-refractivity contribution in [3.05, 3.63) is 41.2 Å². The summed E-state index contributed by atoms with van der Waals surface area (Å²) in [6, 6.07) is 7.69. The van der Waals surface area contributed by atoms with Gasteiger partial charge in [-0.15, -0.1) is 0 Å². The van der Waals surface area contributed by atoms with Crippen LogP contribution in [-0.4, -0.2) is 42.6 Å². The van der Waals surface area contributed by atoms with Crippen LogP contribution >= 0.6 is 11.6 Å². The molecule has 0 aliphatic carbocycles. The van der Waals surface area contributed by atoms with Gasteiger partial charge >= 0.3 is 0 Å². The maximum Gasteiger partial charge on any atom is 0.276 e. The van der Waals surface area contributed by atoms with Crippen LogP contribution in [0, 0.1) is 0 Å². The molecule has 132 valence electrons. The third kappa shape index (κ3) is 4.02. The van der Waals surface area contributed by atoms with Crippen molar-refractivity contribution in [2.24, 2.45) is 0 Å². The topological polar surface area (TPSA) is 61.4 Å². The largest absolute Gasteiger partial charge is 0.375 e. The Labute approximate surface area is 152 Å². The molecular weight excluding hydrogens is 338 g/mol. The van der Waals surface area contributed by atoms with E-state index in [4.69, 9.17) is 11.6 Å². The number of aromatic nitrogens is 2. The first-order valence-corrected chi connectivity index (χ1v) is 8.86. The lowest BCUT2D eigenvalue weighted by molar-refractivity contribution is 0.102. The molecule has 2 aromatic rings. The highest BCUT2D eigenvalue weighted by atomic mass is 35.5. The third-order valence-electron chi connectivity index (χ3n) is 4.35. The quantitative estimate of drug-likeness (QED) is 0.886. The molecular formula is C18H22ClN5O.